The second kappa shape index (κ2) is 3.91. The zero-order chi connectivity index (χ0) is 9.84. The van der Waals surface area contributed by atoms with Crippen molar-refractivity contribution in [3.05, 3.63) is 34.9 Å². The van der Waals surface area contributed by atoms with Gasteiger partial charge in [0.2, 0.25) is 0 Å². The summed E-state index contributed by atoms with van der Waals surface area (Å²) >= 11 is 0. The van der Waals surface area contributed by atoms with Gasteiger partial charge in [0, 0.05) is 11.1 Å². The molecule has 0 N–H and O–H groups in total. The van der Waals surface area contributed by atoms with Crippen LogP contribution in [0.5, 0.6) is 0 Å². The van der Waals surface area contributed by atoms with Gasteiger partial charge in [-0.05, 0) is 32.9 Å². The van der Waals surface area contributed by atoms with E-state index in [0.717, 1.165) is 11.1 Å². The number of Topliss-reactive ketones (excluding diaryl/α,β-unsaturated/α-hetero) is 1. The van der Waals surface area contributed by atoms with Crippen LogP contribution in [0.25, 0.3) is 0 Å². The van der Waals surface area contributed by atoms with Crippen molar-refractivity contribution in [3.63, 3.8) is 0 Å². The summed E-state index contributed by atoms with van der Waals surface area (Å²) in [5.74, 6) is 5.78. The normalized spacial score (nSPS) is 8.85. The highest BCUT2D eigenvalue weighted by molar-refractivity contribution is 5.96. The molecule has 0 saturated carbocycles. The van der Waals surface area contributed by atoms with Gasteiger partial charge >= 0.3 is 0 Å². The van der Waals surface area contributed by atoms with Gasteiger partial charge < -0.3 is 0 Å². The zero-order valence-corrected chi connectivity index (χ0v) is 8.14. The summed E-state index contributed by atoms with van der Waals surface area (Å²) in [5.41, 5.74) is 2.63. The van der Waals surface area contributed by atoms with Crippen LogP contribution in [0.3, 0.4) is 0 Å². The molecule has 0 atom stereocenters. The predicted molar refractivity (Wildman–Crippen MR) is 53.7 cm³/mol. The summed E-state index contributed by atoms with van der Waals surface area (Å²) in [6.07, 6.45) is 0. The van der Waals surface area contributed by atoms with Crippen molar-refractivity contribution < 1.29 is 4.79 Å². The maximum atomic E-state index is 11.2. The minimum Gasteiger partial charge on any atom is -0.294 e. The third-order valence-corrected chi connectivity index (χ3v) is 1.81. The van der Waals surface area contributed by atoms with Crippen LogP contribution < -0.4 is 0 Å². The molecule has 0 saturated heterocycles. The first kappa shape index (κ1) is 9.54. The summed E-state index contributed by atoms with van der Waals surface area (Å²) in [6.45, 7) is 5.30. The second-order valence-electron chi connectivity index (χ2n) is 2.98. The molecule has 0 aliphatic carbocycles. The Kier molecular flexibility index (Phi) is 2.87. The number of carbonyl (C=O) groups is 1. The summed E-state index contributed by atoms with van der Waals surface area (Å²) in [5, 5.41) is 0. The number of hydrogen-bond acceptors (Lipinski definition) is 1. The first-order valence-electron chi connectivity index (χ1n) is 4.19. The minimum absolute atomic E-state index is 0.0708. The monoisotopic (exact) mass is 172 g/mol. The quantitative estimate of drug-likeness (QED) is 0.470. The van der Waals surface area contributed by atoms with Crippen LogP contribution in [-0.4, -0.2) is 5.78 Å². The van der Waals surface area contributed by atoms with E-state index >= 15 is 0 Å². The predicted octanol–water partition coefficient (Wildman–Crippen LogP) is 2.57. The van der Waals surface area contributed by atoms with Gasteiger partial charge in [0.25, 0.3) is 0 Å². The minimum atomic E-state index is 0.0708. The third-order valence-electron chi connectivity index (χ3n) is 1.81. The molecule has 0 heterocycles. The molecule has 13 heavy (non-hydrogen) atoms. The molecule has 1 aromatic carbocycles. The molecule has 0 unspecified atom stereocenters. The summed E-state index contributed by atoms with van der Waals surface area (Å²) in [7, 11) is 0. The second-order valence-corrected chi connectivity index (χ2v) is 2.98. The largest absolute Gasteiger partial charge is 0.294 e. The number of hydrogen-bond donors (Lipinski definition) is 0. The molecule has 66 valence electrons. The van der Waals surface area contributed by atoms with Crippen LogP contribution >= 0.6 is 0 Å². The number of carbonyl (C=O) groups excluding carboxylic acids is 1. The molecule has 1 nitrogen and oxygen atoms in total. The lowest BCUT2D eigenvalue weighted by Gasteiger charge is -2.01. The van der Waals surface area contributed by atoms with E-state index in [1.54, 1.807) is 13.8 Å². The van der Waals surface area contributed by atoms with Gasteiger partial charge in [-0.3, -0.25) is 4.79 Å². The lowest BCUT2D eigenvalue weighted by Crippen LogP contribution is -1.96. The molecule has 1 aromatic rings. The molecule has 0 bridgehead atoms. The smallest absolute Gasteiger partial charge is 0.161 e. The summed E-state index contributed by atoms with van der Waals surface area (Å²) < 4.78 is 0. The van der Waals surface area contributed by atoms with E-state index in [2.05, 4.69) is 11.8 Å². The van der Waals surface area contributed by atoms with Gasteiger partial charge in [-0.2, -0.15) is 0 Å². The van der Waals surface area contributed by atoms with Crippen LogP contribution in [0.2, 0.25) is 0 Å². The van der Waals surface area contributed by atoms with Gasteiger partial charge in [-0.25, -0.2) is 0 Å². The van der Waals surface area contributed by atoms with E-state index in [1.165, 1.54) is 0 Å². The molecule has 0 spiro atoms. The fraction of sp³-hybridized carbons (Fsp3) is 0.250. The fourth-order valence-electron chi connectivity index (χ4n) is 1.19. The van der Waals surface area contributed by atoms with Gasteiger partial charge in [-0.1, -0.05) is 17.6 Å². The van der Waals surface area contributed by atoms with Crippen molar-refractivity contribution >= 4 is 5.78 Å². The van der Waals surface area contributed by atoms with Crippen molar-refractivity contribution in [2.75, 3.05) is 0 Å². The van der Waals surface area contributed by atoms with Crippen LogP contribution in [0.1, 0.15) is 35.3 Å². The van der Waals surface area contributed by atoms with Gasteiger partial charge in [-0.15, -0.1) is 5.92 Å². The highest BCUT2D eigenvalue weighted by atomic mass is 16.1. The van der Waals surface area contributed by atoms with Crippen LogP contribution in [0, 0.1) is 18.8 Å². The topological polar surface area (TPSA) is 17.1 Å². The van der Waals surface area contributed by atoms with E-state index in [1.807, 2.05) is 25.1 Å². The molecular weight excluding hydrogens is 160 g/mol. The third kappa shape index (κ3) is 2.19. The number of rotatable bonds is 1. The average Bonchev–Trinajstić information content (AvgIpc) is 2.08. The fourth-order valence-corrected chi connectivity index (χ4v) is 1.19. The maximum Gasteiger partial charge on any atom is 0.161 e. The molecule has 0 amide bonds. The lowest BCUT2D eigenvalue weighted by atomic mass is 10.0. The summed E-state index contributed by atoms with van der Waals surface area (Å²) in [6, 6.07) is 5.73. The van der Waals surface area contributed by atoms with E-state index in [4.69, 9.17) is 0 Å². The Bertz CT molecular complexity index is 391. The maximum absolute atomic E-state index is 11.2. The number of aryl methyl sites for hydroxylation is 1. The van der Waals surface area contributed by atoms with Crippen molar-refractivity contribution in [1.29, 1.82) is 0 Å². The molecule has 0 radical (unpaired) electrons. The van der Waals surface area contributed by atoms with Gasteiger partial charge in [0.1, 0.15) is 0 Å². The Morgan fingerprint density at radius 2 is 2.08 bits per heavy atom. The molecule has 0 aliphatic rings. The standard InChI is InChI=1S/C12H12O/c1-4-5-11-7-6-9(2)8-12(11)10(3)13/h6-8H,1-3H3. The molecule has 1 rings (SSSR count). The molecule has 0 aromatic heterocycles. The molecule has 0 aliphatic heterocycles. The Labute approximate surface area is 78.8 Å². The first-order valence-corrected chi connectivity index (χ1v) is 4.19. The Morgan fingerprint density at radius 3 is 2.62 bits per heavy atom. The Hall–Kier alpha value is -1.55. The number of benzene rings is 1. The molecular formula is C12H12O. The van der Waals surface area contributed by atoms with Crippen molar-refractivity contribution in [1.82, 2.24) is 0 Å². The number of ketones is 1. The average molecular weight is 172 g/mol. The van der Waals surface area contributed by atoms with Crippen molar-refractivity contribution in [2.24, 2.45) is 0 Å². The van der Waals surface area contributed by atoms with Crippen molar-refractivity contribution in [3.8, 4) is 11.8 Å². The Balaban J connectivity index is 3.32. The first-order chi connectivity index (χ1) is 6.15. The van der Waals surface area contributed by atoms with E-state index in [-0.39, 0.29) is 5.78 Å². The van der Waals surface area contributed by atoms with Crippen LogP contribution in [0.4, 0.5) is 0 Å². The molecule has 1 heteroatoms. The van der Waals surface area contributed by atoms with Gasteiger partial charge in [0.15, 0.2) is 5.78 Å². The van der Waals surface area contributed by atoms with Crippen LogP contribution in [0.15, 0.2) is 18.2 Å². The zero-order valence-electron chi connectivity index (χ0n) is 8.14. The van der Waals surface area contributed by atoms with E-state index in [0.29, 0.717) is 5.56 Å². The van der Waals surface area contributed by atoms with Crippen molar-refractivity contribution in [2.45, 2.75) is 20.8 Å². The lowest BCUT2D eigenvalue weighted by molar-refractivity contribution is 0.101. The SMILES string of the molecule is CC#Cc1ccc(C)cc1C(C)=O. The van der Waals surface area contributed by atoms with E-state index < -0.39 is 0 Å². The Morgan fingerprint density at radius 1 is 1.38 bits per heavy atom. The highest BCUT2D eigenvalue weighted by Crippen LogP contribution is 2.11. The van der Waals surface area contributed by atoms with Gasteiger partial charge in [0.05, 0.1) is 0 Å². The highest BCUT2D eigenvalue weighted by Gasteiger charge is 2.04. The van der Waals surface area contributed by atoms with E-state index in [9.17, 15) is 4.79 Å². The van der Waals surface area contributed by atoms with Crippen LogP contribution in [-0.2, 0) is 0 Å². The molecule has 0 fully saturated rings. The summed E-state index contributed by atoms with van der Waals surface area (Å²) in [4.78, 5) is 11.2.